The van der Waals surface area contributed by atoms with Crippen molar-refractivity contribution in [2.75, 3.05) is 0 Å². The summed E-state index contributed by atoms with van der Waals surface area (Å²) < 4.78 is 2.59. The second-order valence-electron chi connectivity index (χ2n) is 12.6. The van der Waals surface area contributed by atoms with Crippen molar-refractivity contribution in [1.29, 1.82) is 0 Å². The van der Waals surface area contributed by atoms with Crippen molar-refractivity contribution in [2.45, 2.75) is 26.2 Å². The van der Waals surface area contributed by atoms with Gasteiger partial charge in [0.1, 0.15) is 0 Å². The van der Waals surface area contributed by atoms with Gasteiger partial charge < -0.3 is 4.57 Å². The molecule has 3 aliphatic rings. The van der Waals surface area contributed by atoms with Crippen LogP contribution in [0.15, 0.2) is 139 Å². The zero-order valence-electron chi connectivity index (χ0n) is 24.4. The number of benzene rings is 5. The first kappa shape index (κ1) is 24.7. The Hall–Kier alpha value is -4.88. The van der Waals surface area contributed by atoms with Gasteiger partial charge in [0.25, 0.3) is 0 Å². The summed E-state index contributed by atoms with van der Waals surface area (Å²) in [5, 5.41) is 4.05. The third-order valence-corrected chi connectivity index (χ3v) is 10.4. The number of aromatic nitrogens is 1. The van der Waals surface area contributed by atoms with Crippen LogP contribution in [0.25, 0.3) is 50.5 Å². The number of hydrogen-bond acceptors (Lipinski definition) is 0. The van der Waals surface area contributed by atoms with Crippen LogP contribution in [0.1, 0.15) is 30.9 Å². The Morgan fingerprint density at radius 1 is 0.674 bits per heavy atom. The first-order chi connectivity index (χ1) is 21.2. The summed E-state index contributed by atoms with van der Waals surface area (Å²) in [5.74, 6) is 0.601. The molecule has 1 nitrogen and oxygen atoms in total. The van der Waals surface area contributed by atoms with Gasteiger partial charge in [0.15, 0.2) is 0 Å². The zero-order chi connectivity index (χ0) is 28.5. The third kappa shape index (κ3) is 3.58. The van der Waals surface area contributed by atoms with Crippen LogP contribution < -0.4 is 10.6 Å². The fraction of sp³-hybridized carbons (Fsp3) is 0.143. The minimum Gasteiger partial charge on any atom is -0.309 e. The minimum atomic E-state index is -0.00890. The maximum atomic E-state index is 2.59. The number of allylic oxidation sites excluding steroid dienone is 2. The van der Waals surface area contributed by atoms with E-state index in [2.05, 4.69) is 151 Å². The van der Waals surface area contributed by atoms with E-state index in [1.807, 2.05) is 0 Å². The Morgan fingerprint density at radius 3 is 2.07 bits per heavy atom. The Balaban J connectivity index is 1.47. The fourth-order valence-corrected chi connectivity index (χ4v) is 8.32. The summed E-state index contributed by atoms with van der Waals surface area (Å²) in [7, 11) is 0. The van der Waals surface area contributed by atoms with Crippen molar-refractivity contribution in [2.24, 2.45) is 11.3 Å². The van der Waals surface area contributed by atoms with Crippen molar-refractivity contribution in [3.05, 3.63) is 161 Å². The topological polar surface area (TPSA) is 4.93 Å². The normalized spacial score (nSPS) is 20.1. The standard InChI is InChI=1S/C42H33N/c1-42-33-18-12-19-34(42)27-38-37-21-10-11-22-39(37)43(41(38)40(42)36-20-9-8-17-30(36)24-33)35-25-31(28-13-4-2-5-14-28)23-32(26-35)29-15-6-3-7-16-29/h2-11,13-17,19-23,25-27,33H,12,18,24H2,1H3/t33?,42-/m1/s1. The molecule has 0 aliphatic heterocycles. The molecule has 43 heavy (non-hydrogen) atoms. The quantitative estimate of drug-likeness (QED) is 0.207. The van der Waals surface area contributed by atoms with E-state index in [-0.39, 0.29) is 5.41 Å². The summed E-state index contributed by atoms with van der Waals surface area (Å²) >= 11 is 0. The van der Waals surface area contributed by atoms with Crippen LogP contribution in [0, 0.1) is 11.3 Å². The Labute approximate surface area is 252 Å². The lowest BCUT2D eigenvalue weighted by molar-refractivity contribution is 0.278. The molecule has 0 amide bonds. The fourth-order valence-electron chi connectivity index (χ4n) is 8.32. The average molecular weight is 552 g/mol. The number of fused-ring (bicyclic) bond motifs is 5. The molecular formula is C42H33N. The molecule has 0 bridgehead atoms. The molecule has 0 saturated carbocycles. The smallest absolute Gasteiger partial charge is 0.0588 e. The molecule has 2 atom stereocenters. The van der Waals surface area contributed by atoms with Gasteiger partial charge in [-0.3, -0.25) is 0 Å². The maximum absolute atomic E-state index is 2.59. The highest BCUT2D eigenvalue weighted by Gasteiger charge is 2.48. The van der Waals surface area contributed by atoms with Crippen molar-refractivity contribution in [3.63, 3.8) is 0 Å². The highest BCUT2D eigenvalue weighted by molar-refractivity contribution is 5.92. The molecule has 0 N–H and O–H groups in total. The van der Waals surface area contributed by atoms with Gasteiger partial charge in [-0.25, -0.2) is 0 Å². The van der Waals surface area contributed by atoms with Crippen LogP contribution in [-0.2, 0) is 6.42 Å². The van der Waals surface area contributed by atoms with E-state index < -0.39 is 0 Å². The molecule has 1 heteroatoms. The van der Waals surface area contributed by atoms with Gasteiger partial charge in [0.05, 0.1) is 10.9 Å². The van der Waals surface area contributed by atoms with E-state index in [1.165, 1.54) is 78.1 Å². The van der Waals surface area contributed by atoms with Gasteiger partial charge in [0.2, 0.25) is 0 Å². The van der Waals surface area contributed by atoms with E-state index in [9.17, 15) is 0 Å². The maximum Gasteiger partial charge on any atom is 0.0588 e. The molecule has 1 heterocycles. The zero-order valence-corrected chi connectivity index (χ0v) is 24.4. The van der Waals surface area contributed by atoms with Gasteiger partial charge in [-0.1, -0.05) is 116 Å². The summed E-state index contributed by atoms with van der Waals surface area (Å²) in [5.41, 5.74) is 13.3. The molecule has 5 aromatic carbocycles. The highest BCUT2D eigenvalue weighted by Crippen LogP contribution is 2.56. The second kappa shape index (κ2) is 9.31. The molecule has 0 radical (unpaired) electrons. The predicted molar refractivity (Wildman–Crippen MR) is 179 cm³/mol. The minimum absolute atomic E-state index is 0.00890. The Morgan fingerprint density at radius 2 is 1.33 bits per heavy atom. The molecule has 0 saturated heterocycles. The van der Waals surface area contributed by atoms with Crippen LogP contribution in [0.3, 0.4) is 0 Å². The molecular weight excluding hydrogens is 518 g/mol. The lowest BCUT2D eigenvalue weighted by Crippen LogP contribution is -2.48. The van der Waals surface area contributed by atoms with Crippen molar-refractivity contribution < 1.29 is 0 Å². The molecule has 3 aliphatic carbocycles. The SMILES string of the molecule is C[C@]12C3=CCCC1Cc1ccccc1C2=c1c(c2ccccc2n1-c1cc(-c2ccccc2)cc(-c2ccccc2)c1)=C3. The summed E-state index contributed by atoms with van der Waals surface area (Å²) in [6, 6.07) is 47.0. The lowest BCUT2D eigenvalue weighted by atomic mass is 9.54. The summed E-state index contributed by atoms with van der Waals surface area (Å²) in [4.78, 5) is 0. The summed E-state index contributed by atoms with van der Waals surface area (Å²) in [6.45, 7) is 2.53. The monoisotopic (exact) mass is 551 g/mol. The van der Waals surface area contributed by atoms with Crippen LogP contribution >= 0.6 is 0 Å². The van der Waals surface area contributed by atoms with Crippen LogP contribution in [0.2, 0.25) is 0 Å². The number of para-hydroxylation sites is 1. The summed E-state index contributed by atoms with van der Waals surface area (Å²) in [6.07, 6.45) is 8.62. The number of rotatable bonds is 3. The molecule has 0 fully saturated rings. The van der Waals surface area contributed by atoms with E-state index >= 15 is 0 Å². The van der Waals surface area contributed by atoms with Crippen molar-refractivity contribution in [3.8, 4) is 27.9 Å². The third-order valence-electron chi connectivity index (χ3n) is 10.4. The number of hydrogen-bond donors (Lipinski definition) is 0. The van der Waals surface area contributed by atoms with E-state index in [1.54, 1.807) is 0 Å². The Bertz CT molecular complexity index is 2160. The first-order valence-electron chi connectivity index (χ1n) is 15.6. The first-order valence-corrected chi connectivity index (χ1v) is 15.6. The van der Waals surface area contributed by atoms with Gasteiger partial charge in [-0.2, -0.15) is 0 Å². The van der Waals surface area contributed by atoms with Gasteiger partial charge in [-0.05, 0) is 100 Å². The molecule has 6 aromatic rings. The molecule has 1 unspecified atom stereocenters. The van der Waals surface area contributed by atoms with Crippen molar-refractivity contribution in [1.82, 2.24) is 4.57 Å². The van der Waals surface area contributed by atoms with Crippen molar-refractivity contribution >= 4 is 22.6 Å². The van der Waals surface area contributed by atoms with Crippen LogP contribution in [-0.4, -0.2) is 4.57 Å². The van der Waals surface area contributed by atoms with Gasteiger partial charge in [-0.15, -0.1) is 0 Å². The van der Waals surface area contributed by atoms with Gasteiger partial charge in [0, 0.05) is 21.7 Å². The molecule has 0 spiro atoms. The average Bonchev–Trinajstić information content (AvgIpc) is 3.39. The lowest BCUT2D eigenvalue weighted by Gasteiger charge is -2.49. The largest absolute Gasteiger partial charge is 0.309 e. The Kier molecular flexibility index (Phi) is 5.35. The molecule has 9 rings (SSSR count). The van der Waals surface area contributed by atoms with E-state index in [0.717, 1.165) is 12.8 Å². The number of nitrogens with zero attached hydrogens (tertiary/aromatic N) is 1. The second-order valence-corrected chi connectivity index (χ2v) is 12.6. The van der Waals surface area contributed by atoms with E-state index in [0.29, 0.717) is 5.92 Å². The predicted octanol–water partition coefficient (Wildman–Crippen LogP) is 8.86. The van der Waals surface area contributed by atoms with Crippen LogP contribution in [0.5, 0.6) is 0 Å². The van der Waals surface area contributed by atoms with Crippen LogP contribution in [0.4, 0.5) is 0 Å². The molecule has 1 aromatic heterocycles. The van der Waals surface area contributed by atoms with E-state index in [4.69, 9.17) is 0 Å². The van der Waals surface area contributed by atoms with Gasteiger partial charge >= 0.3 is 0 Å². The highest BCUT2D eigenvalue weighted by atomic mass is 15.0. The molecule has 206 valence electrons.